The minimum atomic E-state index is -0.357. The number of nitrogens with two attached hydrogens (primary N) is 1. The summed E-state index contributed by atoms with van der Waals surface area (Å²) in [5.41, 5.74) is 6.12. The lowest BCUT2D eigenvalue weighted by Gasteiger charge is -2.21. The molecule has 0 saturated heterocycles. The summed E-state index contributed by atoms with van der Waals surface area (Å²) < 4.78 is 0.929. The summed E-state index contributed by atoms with van der Waals surface area (Å²) in [6, 6.07) is 5.39. The minimum absolute atomic E-state index is 0.00475. The van der Waals surface area contributed by atoms with E-state index in [1.807, 2.05) is 19.9 Å². The number of anilines is 1. The third-order valence-electron chi connectivity index (χ3n) is 3.05. The van der Waals surface area contributed by atoms with E-state index in [9.17, 15) is 9.90 Å². The zero-order valence-electron chi connectivity index (χ0n) is 11.4. The molecule has 0 atom stereocenters. The van der Waals surface area contributed by atoms with Crippen LogP contribution in [0, 0.1) is 5.41 Å². The van der Waals surface area contributed by atoms with Gasteiger partial charge in [0, 0.05) is 33.7 Å². The van der Waals surface area contributed by atoms with Gasteiger partial charge in [-0.05, 0) is 18.2 Å². The molecule has 0 unspecified atom stereocenters. The van der Waals surface area contributed by atoms with E-state index in [-0.39, 0.29) is 17.9 Å². The van der Waals surface area contributed by atoms with E-state index >= 15 is 0 Å². The summed E-state index contributed by atoms with van der Waals surface area (Å²) in [7, 11) is 0. The molecule has 2 aromatic rings. The fraction of sp³-hybridized carbons (Fsp3) is 0.357. The van der Waals surface area contributed by atoms with Gasteiger partial charge < -0.3 is 16.2 Å². The Morgan fingerprint density at radius 3 is 2.85 bits per heavy atom. The van der Waals surface area contributed by atoms with Crippen molar-refractivity contribution < 1.29 is 9.90 Å². The molecule has 0 bridgehead atoms. The SMILES string of the molecule is CC(C)(CO)CNC(=O)c1sc2ccc(Cl)cc2c1N. The lowest BCUT2D eigenvalue weighted by molar-refractivity contribution is 0.0916. The Morgan fingerprint density at radius 2 is 2.20 bits per heavy atom. The normalized spacial score (nSPS) is 11.8. The summed E-state index contributed by atoms with van der Waals surface area (Å²) >= 11 is 7.28. The summed E-state index contributed by atoms with van der Waals surface area (Å²) in [5.74, 6) is -0.221. The highest BCUT2D eigenvalue weighted by molar-refractivity contribution is 7.21. The molecule has 0 radical (unpaired) electrons. The summed E-state index contributed by atoms with van der Waals surface area (Å²) in [5, 5.41) is 13.4. The van der Waals surface area contributed by atoms with Gasteiger partial charge in [-0.2, -0.15) is 0 Å². The predicted molar refractivity (Wildman–Crippen MR) is 84.4 cm³/mol. The van der Waals surface area contributed by atoms with Gasteiger partial charge in [0.25, 0.3) is 5.91 Å². The lowest BCUT2D eigenvalue weighted by atomic mass is 9.95. The first kappa shape index (κ1) is 15.1. The van der Waals surface area contributed by atoms with Gasteiger partial charge in [0.1, 0.15) is 4.88 Å². The lowest BCUT2D eigenvalue weighted by Crippen LogP contribution is -2.35. The van der Waals surface area contributed by atoms with Gasteiger partial charge >= 0.3 is 0 Å². The number of nitrogen functional groups attached to an aromatic ring is 1. The number of benzene rings is 1. The Morgan fingerprint density at radius 1 is 1.50 bits per heavy atom. The average molecular weight is 313 g/mol. The summed E-state index contributed by atoms with van der Waals surface area (Å²) in [4.78, 5) is 12.7. The van der Waals surface area contributed by atoms with Crippen LogP contribution in [0.2, 0.25) is 5.02 Å². The number of aliphatic hydroxyl groups is 1. The highest BCUT2D eigenvalue weighted by Gasteiger charge is 2.21. The van der Waals surface area contributed by atoms with Crippen molar-refractivity contribution in [3.8, 4) is 0 Å². The standard InChI is InChI=1S/C14H17ClN2O2S/c1-14(2,7-18)6-17-13(19)12-11(16)9-5-8(15)3-4-10(9)20-12/h3-5,18H,6-7,16H2,1-2H3,(H,17,19). The maximum atomic E-state index is 12.2. The number of aliphatic hydroxyl groups excluding tert-OH is 1. The fourth-order valence-electron chi connectivity index (χ4n) is 1.71. The second kappa shape index (κ2) is 5.60. The van der Waals surface area contributed by atoms with Crippen LogP contribution >= 0.6 is 22.9 Å². The van der Waals surface area contributed by atoms with Crippen molar-refractivity contribution in [1.29, 1.82) is 0 Å². The van der Waals surface area contributed by atoms with Crippen LogP contribution in [0.3, 0.4) is 0 Å². The van der Waals surface area contributed by atoms with Crippen molar-refractivity contribution >= 4 is 44.6 Å². The number of thiophene rings is 1. The van der Waals surface area contributed by atoms with Gasteiger partial charge in [-0.25, -0.2) is 0 Å². The Balaban J connectivity index is 2.25. The van der Waals surface area contributed by atoms with Crippen LogP contribution < -0.4 is 11.1 Å². The molecule has 0 spiro atoms. The highest BCUT2D eigenvalue weighted by Crippen LogP contribution is 2.35. The number of hydrogen-bond donors (Lipinski definition) is 3. The van der Waals surface area contributed by atoms with Gasteiger partial charge in [0.2, 0.25) is 0 Å². The van der Waals surface area contributed by atoms with E-state index in [2.05, 4.69) is 5.32 Å². The van der Waals surface area contributed by atoms with Crippen LogP contribution in [0.15, 0.2) is 18.2 Å². The number of rotatable bonds is 4. The Kier molecular flexibility index (Phi) is 4.22. The molecule has 1 heterocycles. The first-order valence-corrected chi connectivity index (χ1v) is 7.40. The molecule has 0 aliphatic carbocycles. The van der Waals surface area contributed by atoms with Gasteiger partial charge in [0.15, 0.2) is 0 Å². The minimum Gasteiger partial charge on any atom is -0.397 e. The smallest absolute Gasteiger partial charge is 0.263 e. The molecular formula is C14H17ClN2O2S. The second-order valence-corrected chi connectivity index (χ2v) is 6.98. The quantitative estimate of drug-likeness (QED) is 0.812. The van der Waals surface area contributed by atoms with Crippen molar-refractivity contribution in [2.75, 3.05) is 18.9 Å². The zero-order chi connectivity index (χ0) is 14.9. The average Bonchev–Trinajstić information content (AvgIpc) is 2.74. The highest BCUT2D eigenvalue weighted by atomic mass is 35.5. The molecule has 4 nitrogen and oxygen atoms in total. The zero-order valence-corrected chi connectivity index (χ0v) is 12.9. The molecule has 20 heavy (non-hydrogen) atoms. The largest absolute Gasteiger partial charge is 0.397 e. The third-order valence-corrected chi connectivity index (χ3v) is 4.47. The molecule has 2 rings (SSSR count). The number of carbonyl (C=O) groups is 1. The van der Waals surface area contributed by atoms with Crippen LogP contribution in [-0.4, -0.2) is 24.2 Å². The molecule has 6 heteroatoms. The monoisotopic (exact) mass is 312 g/mol. The number of amides is 1. The first-order valence-electron chi connectivity index (χ1n) is 6.20. The molecule has 1 aromatic heterocycles. The number of carbonyl (C=O) groups excluding carboxylic acids is 1. The van der Waals surface area contributed by atoms with Crippen molar-refractivity contribution in [2.24, 2.45) is 5.41 Å². The van der Waals surface area contributed by atoms with Crippen molar-refractivity contribution in [2.45, 2.75) is 13.8 Å². The van der Waals surface area contributed by atoms with Gasteiger partial charge in [-0.1, -0.05) is 25.4 Å². The first-order chi connectivity index (χ1) is 9.34. The van der Waals surface area contributed by atoms with E-state index in [0.29, 0.717) is 22.1 Å². The Labute approximate surface area is 126 Å². The molecular weight excluding hydrogens is 296 g/mol. The predicted octanol–water partition coefficient (Wildman–Crippen LogP) is 2.89. The summed E-state index contributed by atoms with van der Waals surface area (Å²) in [6.45, 7) is 4.14. The van der Waals surface area contributed by atoms with E-state index in [4.69, 9.17) is 17.3 Å². The van der Waals surface area contributed by atoms with Gasteiger partial charge in [0.05, 0.1) is 5.69 Å². The topological polar surface area (TPSA) is 75.3 Å². The van der Waals surface area contributed by atoms with E-state index < -0.39 is 0 Å². The van der Waals surface area contributed by atoms with Crippen molar-refractivity contribution in [3.63, 3.8) is 0 Å². The Bertz CT molecular complexity index is 652. The van der Waals surface area contributed by atoms with Crippen LogP contribution in [-0.2, 0) is 0 Å². The Hall–Kier alpha value is -1.30. The van der Waals surface area contributed by atoms with Crippen LogP contribution in [0.5, 0.6) is 0 Å². The molecule has 0 aliphatic heterocycles. The van der Waals surface area contributed by atoms with E-state index in [1.165, 1.54) is 11.3 Å². The van der Waals surface area contributed by atoms with Gasteiger partial charge in [-0.3, -0.25) is 4.79 Å². The molecule has 0 aliphatic rings. The molecule has 0 fully saturated rings. The number of nitrogens with one attached hydrogen (secondary N) is 1. The molecule has 1 amide bonds. The molecule has 108 valence electrons. The van der Waals surface area contributed by atoms with Gasteiger partial charge in [-0.15, -0.1) is 11.3 Å². The maximum Gasteiger partial charge on any atom is 0.263 e. The number of fused-ring (bicyclic) bond motifs is 1. The van der Waals surface area contributed by atoms with E-state index in [1.54, 1.807) is 12.1 Å². The van der Waals surface area contributed by atoms with Crippen LogP contribution in [0.1, 0.15) is 23.5 Å². The summed E-state index contributed by atoms with van der Waals surface area (Å²) in [6.07, 6.45) is 0. The van der Waals surface area contributed by atoms with E-state index in [0.717, 1.165) is 10.1 Å². The van der Waals surface area contributed by atoms with Crippen molar-refractivity contribution in [1.82, 2.24) is 5.32 Å². The second-order valence-electron chi connectivity index (χ2n) is 5.49. The fourth-order valence-corrected chi connectivity index (χ4v) is 2.91. The van der Waals surface area contributed by atoms with Crippen molar-refractivity contribution in [3.05, 3.63) is 28.1 Å². The molecule has 0 saturated carbocycles. The maximum absolute atomic E-state index is 12.2. The van der Waals surface area contributed by atoms with Crippen LogP contribution in [0.4, 0.5) is 5.69 Å². The number of hydrogen-bond acceptors (Lipinski definition) is 4. The van der Waals surface area contributed by atoms with Crippen LogP contribution in [0.25, 0.3) is 10.1 Å². The molecule has 1 aromatic carbocycles. The third kappa shape index (κ3) is 3.06. The molecule has 4 N–H and O–H groups in total. The number of halogens is 1.